The first kappa shape index (κ1) is 30.4. The number of fused-ring (bicyclic) bond motifs is 1. The largest absolute Gasteiger partial charge is 0.419 e. The lowest BCUT2D eigenvalue weighted by Crippen LogP contribution is -2.54. The zero-order valence-electron chi connectivity index (χ0n) is 24.6. The molecule has 1 saturated heterocycles. The van der Waals surface area contributed by atoms with Crippen LogP contribution in [0.3, 0.4) is 0 Å². The Morgan fingerprint density at radius 2 is 1.81 bits per heavy atom. The summed E-state index contributed by atoms with van der Waals surface area (Å²) >= 11 is 0. The summed E-state index contributed by atoms with van der Waals surface area (Å²) in [5, 5.41) is 4.56. The van der Waals surface area contributed by atoms with E-state index in [0.29, 0.717) is 30.8 Å². The van der Waals surface area contributed by atoms with Crippen LogP contribution in [0.5, 0.6) is 0 Å². The number of aryl methyl sites for hydroxylation is 1. The predicted molar refractivity (Wildman–Crippen MR) is 157 cm³/mol. The molecule has 7 nitrogen and oxygen atoms in total. The number of nitrogens with zero attached hydrogens (tertiary/aromatic N) is 7. The molecule has 1 fully saturated rings. The number of rotatable bonds is 8. The number of halogens is 5. The van der Waals surface area contributed by atoms with Crippen LogP contribution in [0.15, 0.2) is 54.9 Å². The summed E-state index contributed by atoms with van der Waals surface area (Å²) in [7, 11) is 5.64. The van der Waals surface area contributed by atoms with Gasteiger partial charge in [-0.05, 0) is 45.5 Å². The quantitative estimate of drug-likeness (QED) is 0.238. The molecule has 1 aliphatic heterocycles. The van der Waals surface area contributed by atoms with Crippen molar-refractivity contribution in [3.05, 3.63) is 83.2 Å². The minimum absolute atomic E-state index is 0.00365. The van der Waals surface area contributed by atoms with Crippen LogP contribution in [0, 0.1) is 18.6 Å². The molecule has 2 aromatic heterocycles. The van der Waals surface area contributed by atoms with Gasteiger partial charge >= 0.3 is 6.18 Å². The Hall–Kier alpha value is -4.06. The number of hydrogen-bond acceptors (Lipinski definition) is 6. The van der Waals surface area contributed by atoms with Gasteiger partial charge in [-0.1, -0.05) is 36.9 Å². The molecule has 0 saturated carbocycles. The second-order valence-electron chi connectivity index (χ2n) is 11.2. The third-order valence-electron chi connectivity index (χ3n) is 7.90. The smallest absolute Gasteiger partial charge is 0.371 e. The molecule has 3 heterocycles. The summed E-state index contributed by atoms with van der Waals surface area (Å²) in [6, 6.07) is 10.6. The fraction of sp³-hybridized carbons (Fsp3) is 0.387. The maximum Gasteiger partial charge on any atom is 0.419 e. The molecule has 5 rings (SSSR count). The van der Waals surface area contributed by atoms with Gasteiger partial charge in [-0.25, -0.2) is 18.4 Å². The summed E-state index contributed by atoms with van der Waals surface area (Å²) in [5.41, 5.74) is -0.274. The van der Waals surface area contributed by atoms with Gasteiger partial charge in [-0.2, -0.15) is 23.3 Å². The lowest BCUT2D eigenvalue weighted by molar-refractivity contribution is -0.140. The number of alkyl halides is 3. The van der Waals surface area contributed by atoms with Crippen LogP contribution in [0.25, 0.3) is 22.3 Å². The van der Waals surface area contributed by atoms with Crippen molar-refractivity contribution in [2.45, 2.75) is 32.0 Å². The van der Waals surface area contributed by atoms with E-state index in [-0.39, 0.29) is 17.1 Å². The highest BCUT2D eigenvalue weighted by atomic mass is 19.4. The van der Waals surface area contributed by atoms with Crippen molar-refractivity contribution in [2.24, 2.45) is 7.05 Å². The summed E-state index contributed by atoms with van der Waals surface area (Å²) in [4.78, 5) is 15.9. The molecule has 2 aromatic carbocycles. The van der Waals surface area contributed by atoms with Crippen molar-refractivity contribution in [1.29, 1.82) is 0 Å². The highest BCUT2D eigenvalue weighted by Crippen LogP contribution is 2.39. The molecular weight excluding hydrogens is 565 g/mol. The lowest BCUT2D eigenvalue weighted by atomic mass is 10.0. The van der Waals surface area contributed by atoms with Crippen LogP contribution in [0.1, 0.15) is 23.1 Å². The van der Waals surface area contributed by atoms with Crippen LogP contribution < -0.4 is 4.90 Å². The van der Waals surface area contributed by atoms with Crippen LogP contribution in [-0.2, 0) is 19.6 Å². The van der Waals surface area contributed by atoms with E-state index in [0.717, 1.165) is 44.1 Å². The van der Waals surface area contributed by atoms with Crippen LogP contribution in [0.2, 0.25) is 0 Å². The van der Waals surface area contributed by atoms with Gasteiger partial charge in [0.15, 0.2) is 5.65 Å². The minimum Gasteiger partial charge on any atom is -0.371 e. The molecular formula is C31H34F5N7. The van der Waals surface area contributed by atoms with E-state index < -0.39 is 34.5 Å². The summed E-state index contributed by atoms with van der Waals surface area (Å²) < 4.78 is 71.6. The Kier molecular flexibility index (Phi) is 8.42. The molecule has 0 N–H and O–H groups in total. The first-order valence-electron chi connectivity index (χ1n) is 14.0. The third-order valence-corrected chi connectivity index (χ3v) is 7.90. The van der Waals surface area contributed by atoms with Crippen LogP contribution in [0.4, 0.5) is 27.9 Å². The Bertz CT molecular complexity index is 1630. The highest BCUT2D eigenvalue weighted by molar-refractivity contribution is 5.91. The summed E-state index contributed by atoms with van der Waals surface area (Å²) in [6.07, 6.45) is -1.97. The van der Waals surface area contributed by atoms with Crippen molar-refractivity contribution < 1.29 is 22.0 Å². The normalized spacial score (nSPS) is 16.0. The molecule has 12 heteroatoms. The Balaban J connectivity index is 1.51. The van der Waals surface area contributed by atoms with Crippen LogP contribution >= 0.6 is 0 Å². The molecule has 0 radical (unpaired) electrons. The summed E-state index contributed by atoms with van der Waals surface area (Å²) in [6.45, 7) is 8.24. The van der Waals surface area contributed by atoms with Gasteiger partial charge in [0.25, 0.3) is 0 Å². The van der Waals surface area contributed by atoms with Gasteiger partial charge in [-0.3, -0.25) is 0 Å². The molecule has 0 aliphatic carbocycles. The zero-order valence-corrected chi connectivity index (χ0v) is 24.6. The van der Waals surface area contributed by atoms with Gasteiger partial charge in [0.2, 0.25) is 5.95 Å². The average Bonchev–Trinajstić information content (AvgIpc) is 3.29. The van der Waals surface area contributed by atoms with E-state index in [1.165, 1.54) is 10.9 Å². The molecule has 1 atom stereocenters. The van der Waals surface area contributed by atoms with Crippen molar-refractivity contribution in [1.82, 2.24) is 29.5 Å². The topological polar surface area (TPSA) is 53.3 Å². The molecule has 1 aliphatic rings. The fourth-order valence-electron chi connectivity index (χ4n) is 5.49. The first-order chi connectivity index (χ1) is 20.3. The molecule has 0 amide bonds. The lowest BCUT2D eigenvalue weighted by Gasteiger charge is -2.43. The minimum atomic E-state index is -5.00. The molecule has 0 spiro atoms. The van der Waals surface area contributed by atoms with Crippen LogP contribution in [-0.4, -0.2) is 75.9 Å². The van der Waals surface area contributed by atoms with Gasteiger partial charge in [0, 0.05) is 56.2 Å². The maximum atomic E-state index is 15.2. The molecule has 43 heavy (non-hydrogen) atoms. The van der Waals surface area contributed by atoms with Crippen molar-refractivity contribution in [3.63, 3.8) is 0 Å². The van der Waals surface area contributed by atoms with Gasteiger partial charge < -0.3 is 14.7 Å². The number of piperazine rings is 1. The van der Waals surface area contributed by atoms with E-state index in [2.05, 4.69) is 43.5 Å². The van der Waals surface area contributed by atoms with Gasteiger partial charge in [-0.15, -0.1) is 0 Å². The molecule has 1 unspecified atom stereocenters. The van der Waals surface area contributed by atoms with Crippen molar-refractivity contribution in [2.75, 3.05) is 45.2 Å². The Morgan fingerprint density at radius 1 is 1.09 bits per heavy atom. The second-order valence-corrected chi connectivity index (χ2v) is 11.2. The highest BCUT2D eigenvalue weighted by Gasteiger charge is 2.37. The first-order valence-corrected chi connectivity index (χ1v) is 14.0. The van der Waals surface area contributed by atoms with E-state index in [9.17, 15) is 17.6 Å². The summed E-state index contributed by atoms with van der Waals surface area (Å²) in [5.74, 6) is -2.31. The van der Waals surface area contributed by atoms with Gasteiger partial charge in [0.1, 0.15) is 17.3 Å². The molecule has 0 bridgehead atoms. The van der Waals surface area contributed by atoms with E-state index in [1.807, 2.05) is 32.3 Å². The molecule has 228 valence electrons. The van der Waals surface area contributed by atoms with Crippen molar-refractivity contribution >= 4 is 17.0 Å². The predicted octanol–water partition coefficient (Wildman–Crippen LogP) is 5.83. The standard InChI is InChI=1S/C31H34F5N7/c1-19(11-12-40(3)4)42-13-14-43(22(18-42)15-21-9-7-6-8-10-21)30-37-17-24-28(39-41(5)29(24)38-30)23-16-25(31(34,35)36)27(33)20(2)26(23)32/h6-10,16-17,22H,1,11-15,18H2,2-5H3. The fourth-order valence-corrected chi connectivity index (χ4v) is 5.49. The number of benzene rings is 2. The van der Waals surface area contributed by atoms with Crippen molar-refractivity contribution in [3.8, 4) is 11.3 Å². The SMILES string of the molecule is C=C(CCN(C)C)N1CCN(c2ncc3c(-c4cc(C(F)(F)F)c(F)c(C)c4F)nn(C)c3n2)C(Cc2ccccc2)C1. The van der Waals surface area contributed by atoms with E-state index >= 15 is 4.39 Å². The number of hydrogen-bond donors (Lipinski definition) is 0. The average molecular weight is 600 g/mol. The monoisotopic (exact) mass is 599 g/mol. The maximum absolute atomic E-state index is 15.2. The van der Waals surface area contributed by atoms with E-state index in [1.54, 1.807) is 7.05 Å². The number of aromatic nitrogens is 4. The zero-order chi connectivity index (χ0) is 31.1. The molecule has 4 aromatic rings. The Morgan fingerprint density at radius 3 is 2.49 bits per heavy atom. The van der Waals surface area contributed by atoms with Gasteiger partial charge in [0.05, 0.1) is 17.0 Å². The third kappa shape index (κ3) is 6.20. The Labute approximate surface area is 247 Å². The number of anilines is 1. The second kappa shape index (κ2) is 11.9. The van der Waals surface area contributed by atoms with E-state index in [4.69, 9.17) is 4.98 Å².